The van der Waals surface area contributed by atoms with E-state index in [9.17, 15) is 8.42 Å². The zero-order valence-corrected chi connectivity index (χ0v) is 16.6. The van der Waals surface area contributed by atoms with Gasteiger partial charge in [-0.15, -0.1) is 0 Å². The van der Waals surface area contributed by atoms with Gasteiger partial charge in [-0.25, -0.2) is 13.1 Å². The van der Waals surface area contributed by atoms with Gasteiger partial charge in [-0.05, 0) is 42.0 Å². The normalized spacial score (nSPS) is 11.3. The molecular formula is C20H17Cl2NO3S. The Morgan fingerprint density at radius 3 is 2.07 bits per heavy atom. The Bertz CT molecular complexity index is 987. The smallest absolute Gasteiger partial charge is 0.240 e. The Balaban J connectivity index is 1.59. The summed E-state index contributed by atoms with van der Waals surface area (Å²) in [7, 11) is -3.53. The number of halogens is 2. The average molecular weight is 422 g/mol. The first kappa shape index (κ1) is 19.7. The molecule has 3 aromatic rings. The lowest BCUT2D eigenvalue weighted by atomic mass is 10.2. The van der Waals surface area contributed by atoms with Crippen LogP contribution in [-0.4, -0.2) is 8.42 Å². The molecule has 0 atom stereocenters. The number of hydrogen-bond donors (Lipinski definition) is 1. The van der Waals surface area contributed by atoms with Crippen LogP contribution in [0.1, 0.15) is 11.1 Å². The van der Waals surface area contributed by atoms with Crippen LogP contribution in [-0.2, 0) is 23.2 Å². The van der Waals surface area contributed by atoms with Crippen LogP contribution < -0.4 is 9.46 Å². The van der Waals surface area contributed by atoms with Gasteiger partial charge in [-0.1, -0.05) is 59.6 Å². The summed E-state index contributed by atoms with van der Waals surface area (Å²) in [6, 6.07) is 20.7. The van der Waals surface area contributed by atoms with E-state index in [1.54, 1.807) is 72.8 Å². The molecule has 0 unspecified atom stereocenters. The van der Waals surface area contributed by atoms with Crippen molar-refractivity contribution in [2.75, 3.05) is 0 Å². The molecule has 0 aromatic heterocycles. The molecule has 0 heterocycles. The highest BCUT2D eigenvalue weighted by molar-refractivity contribution is 7.89. The number of nitrogens with one attached hydrogen (secondary N) is 1. The molecule has 0 aliphatic heterocycles. The summed E-state index contributed by atoms with van der Waals surface area (Å²) in [5.41, 5.74) is 1.54. The summed E-state index contributed by atoms with van der Waals surface area (Å²) in [6.45, 7) is 0.437. The first-order valence-electron chi connectivity index (χ1n) is 8.15. The van der Waals surface area contributed by atoms with Crippen LogP contribution in [0.15, 0.2) is 77.7 Å². The van der Waals surface area contributed by atoms with Gasteiger partial charge >= 0.3 is 0 Å². The van der Waals surface area contributed by atoms with E-state index in [2.05, 4.69) is 4.72 Å². The second-order valence-electron chi connectivity index (χ2n) is 5.77. The first-order valence-corrected chi connectivity index (χ1v) is 10.4. The minimum absolute atomic E-state index is 0.188. The molecule has 0 saturated carbocycles. The zero-order valence-electron chi connectivity index (χ0n) is 14.2. The van der Waals surface area contributed by atoms with Crippen LogP contribution in [0.2, 0.25) is 10.0 Å². The van der Waals surface area contributed by atoms with Gasteiger partial charge < -0.3 is 4.74 Å². The van der Waals surface area contributed by atoms with Gasteiger partial charge in [0.05, 0.1) is 4.90 Å². The van der Waals surface area contributed by atoms with Gasteiger partial charge in [-0.2, -0.15) is 0 Å². The molecule has 0 aliphatic rings. The lowest BCUT2D eigenvalue weighted by molar-refractivity contribution is 0.306. The molecule has 7 heteroatoms. The Hall–Kier alpha value is -2.05. The number of benzene rings is 3. The van der Waals surface area contributed by atoms with Crippen LogP contribution in [0.25, 0.3) is 0 Å². The van der Waals surface area contributed by atoms with Gasteiger partial charge in [0.25, 0.3) is 0 Å². The standard InChI is InChI=1S/C20H17Cl2NO3S/c21-19-7-4-8-20(22)18(19)14-26-16-11-9-15(10-12-16)13-23-27(24,25)17-5-2-1-3-6-17/h1-12,23H,13-14H2. The zero-order chi connectivity index (χ0) is 19.3. The molecule has 1 N–H and O–H groups in total. The topological polar surface area (TPSA) is 55.4 Å². The molecule has 27 heavy (non-hydrogen) atoms. The van der Waals surface area contributed by atoms with Crippen molar-refractivity contribution in [3.63, 3.8) is 0 Å². The molecule has 0 amide bonds. The van der Waals surface area contributed by atoms with E-state index >= 15 is 0 Å². The van der Waals surface area contributed by atoms with Crippen LogP contribution in [0, 0.1) is 0 Å². The summed E-state index contributed by atoms with van der Waals surface area (Å²) in [5, 5.41) is 1.10. The van der Waals surface area contributed by atoms with E-state index < -0.39 is 10.0 Å². The monoisotopic (exact) mass is 421 g/mol. The van der Waals surface area contributed by atoms with Crippen LogP contribution in [0.4, 0.5) is 0 Å². The molecule has 0 radical (unpaired) electrons. The highest BCUT2D eigenvalue weighted by Crippen LogP contribution is 2.26. The van der Waals surface area contributed by atoms with E-state index in [0.29, 0.717) is 15.8 Å². The second-order valence-corrected chi connectivity index (χ2v) is 8.35. The van der Waals surface area contributed by atoms with Crippen molar-refractivity contribution in [2.24, 2.45) is 0 Å². The van der Waals surface area contributed by atoms with Gasteiger partial charge in [0.1, 0.15) is 12.4 Å². The van der Waals surface area contributed by atoms with E-state index in [-0.39, 0.29) is 18.0 Å². The molecule has 4 nitrogen and oxygen atoms in total. The summed E-state index contributed by atoms with van der Waals surface area (Å²) in [6.07, 6.45) is 0. The van der Waals surface area contributed by atoms with Gasteiger partial charge in [-0.3, -0.25) is 0 Å². The predicted molar refractivity (Wildman–Crippen MR) is 108 cm³/mol. The molecule has 0 fully saturated rings. The summed E-state index contributed by atoms with van der Waals surface area (Å²) in [4.78, 5) is 0.238. The van der Waals surface area contributed by atoms with E-state index in [0.717, 1.165) is 11.1 Å². The summed E-state index contributed by atoms with van der Waals surface area (Å²) < 4.78 is 32.8. The van der Waals surface area contributed by atoms with Crippen LogP contribution in [0.5, 0.6) is 5.75 Å². The van der Waals surface area contributed by atoms with E-state index in [4.69, 9.17) is 27.9 Å². The van der Waals surface area contributed by atoms with Crippen LogP contribution >= 0.6 is 23.2 Å². The fourth-order valence-corrected chi connectivity index (χ4v) is 3.94. The third-order valence-corrected chi connectivity index (χ3v) is 6.01. The fourth-order valence-electron chi connectivity index (χ4n) is 2.39. The number of hydrogen-bond acceptors (Lipinski definition) is 3. The highest BCUT2D eigenvalue weighted by atomic mass is 35.5. The Labute approximate surface area is 168 Å². The number of sulfonamides is 1. The fraction of sp³-hybridized carbons (Fsp3) is 0.100. The minimum atomic E-state index is -3.53. The summed E-state index contributed by atoms with van der Waals surface area (Å²) >= 11 is 12.3. The molecule has 0 saturated heterocycles. The minimum Gasteiger partial charge on any atom is -0.489 e. The molecule has 0 spiro atoms. The van der Waals surface area contributed by atoms with Crippen molar-refractivity contribution >= 4 is 33.2 Å². The molecule has 0 aliphatic carbocycles. The van der Waals surface area contributed by atoms with Crippen molar-refractivity contribution in [3.05, 3.63) is 94.0 Å². The van der Waals surface area contributed by atoms with Crippen molar-refractivity contribution in [1.29, 1.82) is 0 Å². The Morgan fingerprint density at radius 1 is 0.815 bits per heavy atom. The van der Waals surface area contributed by atoms with Gasteiger partial charge in [0, 0.05) is 22.2 Å². The molecule has 3 aromatic carbocycles. The van der Waals surface area contributed by atoms with Crippen molar-refractivity contribution in [1.82, 2.24) is 4.72 Å². The lowest BCUT2D eigenvalue weighted by Gasteiger charge is -2.10. The Kier molecular flexibility index (Phi) is 6.39. The molecule has 0 bridgehead atoms. The van der Waals surface area contributed by atoms with E-state index in [1.807, 2.05) is 0 Å². The Morgan fingerprint density at radius 2 is 1.44 bits per heavy atom. The predicted octanol–water partition coefficient (Wildman–Crippen LogP) is 5.05. The number of rotatable bonds is 7. The average Bonchev–Trinajstić information content (AvgIpc) is 2.68. The largest absolute Gasteiger partial charge is 0.489 e. The van der Waals surface area contributed by atoms with Crippen molar-refractivity contribution in [2.45, 2.75) is 18.0 Å². The van der Waals surface area contributed by atoms with Crippen molar-refractivity contribution < 1.29 is 13.2 Å². The quantitative estimate of drug-likeness (QED) is 0.580. The maximum absolute atomic E-state index is 12.2. The number of ether oxygens (including phenoxy) is 1. The van der Waals surface area contributed by atoms with Crippen LogP contribution in [0.3, 0.4) is 0 Å². The third kappa shape index (κ3) is 5.23. The summed E-state index contributed by atoms with van der Waals surface area (Å²) in [5.74, 6) is 0.639. The molecule has 140 valence electrons. The van der Waals surface area contributed by atoms with Gasteiger partial charge in [0.2, 0.25) is 10.0 Å². The second kappa shape index (κ2) is 8.76. The molecule has 3 rings (SSSR count). The van der Waals surface area contributed by atoms with E-state index in [1.165, 1.54) is 0 Å². The maximum Gasteiger partial charge on any atom is 0.240 e. The molecular weight excluding hydrogens is 405 g/mol. The first-order chi connectivity index (χ1) is 13.0. The lowest BCUT2D eigenvalue weighted by Crippen LogP contribution is -2.23. The van der Waals surface area contributed by atoms with Crippen molar-refractivity contribution in [3.8, 4) is 5.75 Å². The maximum atomic E-state index is 12.2. The highest BCUT2D eigenvalue weighted by Gasteiger charge is 2.12. The SMILES string of the molecule is O=S(=O)(NCc1ccc(OCc2c(Cl)cccc2Cl)cc1)c1ccccc1. The third-order valence-electron chi connectivity index (χ3n) is 3.89. The van der Waals surface area contributed by atoms with Gasteiger partial charge in [0.15, 0.2) is 0 Å².